The average Bonchev–Trinajstić information content (AvgIpc) is 3.03. The van der Waals surface area contributed by atoms with E-state index in [1.54, 1.807) is 0 Å². The van der Waals surface area contributed by atoms with Crippen molar-refractivity contribution in [1.29, 1.82) is 0 Å². The summed E-state index contributed by atoms with van der Waals surface area (Å²) in [6.07, 6.45) is 3.94. The summed E-state index contributed by atoms with van der Waals surface area (Å²) in [5.74, 6) is 0. The number of aromatic nitrogens is 1. The van der Waals surface area contributed by atoms with Crippen molar-refractivity contribution in [3.05, 3.63) is 152 Å². The summed E-state index contributed by atoms with van der Waals surface area (Å²) < 4.78 is 0. The maximum Gasteiger partial charge on any atom is 0.0353 e. The number of rotatable bonds is 3. The Balaban J connectivity index is 1.36. The van der Waals surface area contributed by atoms with E-state index in [0.29, 0.717) is 0 Å². The van der Waals surface area contributed by atoms with Gasteiger partial charge in [0.15, 0.2) is 0 Å². The van der Waals surface area contributed by atoms with Crippen LogP contribution in [0.5, 0.6) is 0 Å². The molecular weight excluding hydrogens is 482 g/mol. The SMILES string of the molecule is c1ccc2cc(-c3c4ccccc4c(-c4ccc(-c5cccc6ccccc56)cc4)c4cnccc34)ccc2c1. The Morgan fingerprint density at radius 2 is 0.925 bits per heavy atom. The highest BCUT2D eigenvalue weighted by atomic mass is 14.6. The normalized spacial score (nSPS) is 11.5. The molecule has 0 saturated carbocycles. The molecule has 0 radical (unpaired) electrons. The van der Waals surface area contributed by atoms with E-state index in [1.165, 1.54) is 76.5 Å². The summed E-state index contributed by atoms with van der Waals surface area (Å²) in [5, 5.41) is 9.92. The molecule has 1 nitrogen and oxygen atoms in total. The highest BCUT2D eigenvalue weighted by molar-refractivity contribution is 6.21. The lowest BCUT2D eigenvalue weighted by Crippen LogP contribution is -1.92. The summed E-state index contributed by atoms with van der Waals surface area (Å²) in [4.78, 5) is 4.59. The van der Waals surface area contributed by atoms with Gasteiger partial charge in [0.05, 0.1) is 0 Å². The number of benzene rings is 7. The fourth-order valence-electron chi connectivity index (χ4n) is 6.28. The topological polar surface area (TPSA) is 12.9 Å². The molecular formula is C39H25N. The van der Waals surface area contributed by atoms with E-state index in [2.05, 4.69) is 145 Å². The summed E-state index contributed by atoms with van der Waals surface area (Å²) in [6.45, 7) is 0. The number of hydrogen-bond acceptors (Lipinski definition) is 1. The third-order valence-corrected chi connectivity index (χ3v) is 8.14. The first-order valence-corrected chi connectivity index (χ1v) is 13.7. The van der Waals surface area contributed by atoms with Crippen LogP contribution in [0.1, 0.15) is 0 Å². The molecule has 1 aromatic heterocycles. The van der Waals surface area contributed by atoms with Crippen molar-refractivity contribution < 1.29 is 0 Å². The van der Waals surface area contributed by atoms with Crippen LogP contribution in [0.15, 0.2) is 152 Å². The standard InChI is InChI=1S/C39H25N/c1-2-10-30-24-31(21-16-26(30)8-1)39-35-14-6-5-13-34(35)38(37-25-40-23-22-36(37)39)29-19-17-28(18-20-29)33-15-7-11-27-9-3-4-12-32(27)33/h1-25H. The maximum absolute atomic E-state index is 4.59. The van der Waals surface area contributed by atoms with Crippen LogP contribution < -0.4 is 0 Å². The van der Waals surface area contributed by atoms with Crippen LogP contribution >= 0.6 is 0 Å². The van der Waals surface area contributed by atoms with Crippen LogP contribution in [-0.4, -0.2) is 4.98 Å². The summed E-state index contributed by atoms with van der Waals surface area (Å²) in [7, 11) is 0. The molecule has 1 heteroatoms. The highest BCUT2D eigenvalue weighted by Crippen LogP contribution is 2.44. The van der Waals surface area contributed by atoms with Crippen molar-refractivity contribution in [3.63, 3.8) is 0 Å². The molecule has 8 aromatic rings. The lowest BCUT2D eigenvalue weighted by atomic mass is 9.86. The van der Waals surface area contributed by atoms with Gasteiger partial charge in [0, 0.05) is 17.8 Å². The van der Waals surface area contributed by atoms with E-state index in [1.807, 2.05) is 12.4 Å². The van der Waals surface area contributed by atoms with Crippen LogP contribution in [0.4, 0.5) is 0 Å². The van der Waals surface area contributed by atoms with Crippen molar-refractivity contribution in [3.8, 4) is 33.4 Å². The first-order valence-electron chi connectivity index (χ1n) is 13.7. The number of nitrogens with zero attached hydrogens (tertiary/aromatic N) is 1. The number of hydrogen-bond donors (Lipinski definition) is 0. The predicted octanol–water partition coefficient (Wildman–Crippen LogP) is 10.7. The summed E-state index contributed by atoms with van der Waals surface area (Å²) in [6, 6.07) is 50.5. The van der Waals surface area contributed by atoms with Gasteiger partial charge in [-0.2, -0.15) is 0 Å². The molecule has 0 N–H and O–H groups in total. The third kappa shape index (κ3) is 3.60. The van der Waals surface area contributed by atoms with E-state index >= 15 is 0 Å². The van der Waals surface area contributed by atoms with Crippen LogP contribution in [-0.2, 0) is 0 Å². The smallest absolute Gasteiger partial charge is 0.0353 e. The van der Waals surface area contributed by atoms with Crippen molar-refractivity contribution in [2.75, 3.05) is 0 Å². The fourth-order valence-corrected chi connectivity index (χ4v) is 6.28. The zero-order valence-corrected chi connectivity index (χ0v) is 21.9. The van der Waals surface area contributed by atoms with E-state index in [9.17, 15) is 0 Å². The van der Waals surface area contributed by atoms with Gasteiger partial charge in [-0.25, -0.2) is 0 Å². The van der Waals surface area contributed by atoms with Gasteiger partial charge in [-0.15, -0.1) is 0 Å². The second-order valence-electron chi connectivity index (χ2n) is 10.4. The van der Waals surface area contributed by atoms with Gasteiger partial charge >= 0.3 is 0 Å². The Hall–Kier alpha value is -5.27. The molecule has 40 heavy (non-hydrogen) atoms. The first kappa shape index (κ1) is 22.7. The lowest BCUT2D eigenvalue weighted by Gasteiger charge is -2.18. The van der Waals surface area contributed by atoms with E-state index in [0.717, 1.165) is 0 Å². The van der Waals surface area contributed by atoms with Crippen molar-refractivity contribution >= 4 is 43.1 Å². The molecule has 0 aliphatic heterocycles. The second-order valence-corrected chi connectivity index (χ2v) is 10.4. The van der Waals surface area contributed by atoms with E-state index in [-0.39, 0.29) is 0 Å². The number of fused-ring (bicyclic) bond motifs is 4. The first-order chi connectivity index (χ1) is 19.8. The molecule has 0 fully saturated rings. The van der Waals surface area contributed by atoms with Crippen molar-refractivity contribution in [2.45, 2.75) is 0 Å². The van der Waals surface area contributed by atoms with Gasteiger partial charge in [-0.3, -0.25) is 4.98 Å². The molecule has 0 aliphatic rings. The Kier molecular flexibility index (Phi) is 5.21. The van der Waals surface area contributed by atoms with Gasteiger partial charge < -0.3 is 0 Å². The van der Waals surface area contributed by atoms with Gasteiger partial charge in [0.25, 0.3) is 0 Å². The zero-order chi connectivity index (χ0) is 26.5. The van der Waals surface area contributed by atoms with Crippen LogP contribution in [0.25, 0.3) is 76.5 Å². The van der Waals surface area contributed by atoms with Crippen LogP contribution in [0, 0.1) is 0 Å². The summed E-state index contributed by atoms with van der Waals surface area (Å²) >= 11 is 0. The summed E-state index contributed by atoms with van der Waals surface area (Å²) in [5.41, 5.74) is 7.39. The molecule has 1 heterocycles. The fraction of sp³-hybridized carbons (Fsp3) is 0. The molecule has 0 amide bonds. The molecule has 0 bridgehead atoms. The highest BCUT2D eigenvalue weighted by Gasteiger charge is 2.17. The zero-order valence-electron chi connectivity index (χ0n) is 21.9. The molecule has 0 aliphatic carbocycles. The monoisotopic (exact) mass is 507 g/mol. The molecule has 186 valence electrons. The minimum atomic E-state index is 1.17. The molecule has 7 aromatic carbocycles. The molecule has 0 spiro atoms. The molecule has 8 rings (SSSR count). The Labute approximate surface area is 233 Å². The van der Waals surface area contributed by atoms with Crippen molar-refractivity contribution in [1.82, 2.24) is 4.98 Å². The minimum Gasteiger partial charge on any atom is -0.264 e. The molecule has 0 saturated heterocycles. The van der Waals surface area contributed by atoms with Crippen LogP contribution in [0.2, 0.25) is 0 Å². The van der Waals surface area contributed by atoms with E-state index < -0.39 is 0 Å². The Bertz CT molecular complexity index is 2140. The lowest BCUT2D eigenvalue weighted by molar-refractivity contribution is 1.37. The van der Waals surface area contributed by atoms with Crippen molar-refractivity contribution in [2.24, 2.45) is 0 Å². The van der Waals surface area contributed by atoms with Gasteiger partial charge in [0.2, 0.25) is 0 Å². The quantitative estimate of drug-likeness (QED) is 0.217. The molecule has 0 unspecified atom stereocenters. The molecule has 0 atom stereocenters. The largest absolute Gasteiger partial charge is 0.264 e. The van der Waals surface area contributed by atoms with Crippen LogP contribution in [0.3, 0.4) is 0 Å². The number of pyridine rings is 1. The average molecular weight is 508 g/mol. The predicted molar refractivity (Wildman–Crippen MR) is 171 cm³/mol. The third-order valence-electron chi connectivity index (χ3n) is 8.14. The minimum absolute atomic E-state index is 1.17. The van der Waals surface area contributed by atoms with Gasteiger partial charge in [-0.05, 0) is 83.2 Å². The Morgan fingerprint density at radius 3 is 1.73 bits per heavy atom. The Morgan fingerprint density at radius 1 is 0.350 bits per heavy atom. The maximum atomic E-state index is 4.59. The second kappa shape index (κ2) is 9.18. The van der Waals surface area contributed by atoms with E-state index in [4.69, 9.17) is 0 Å². The van der Waals surface area contributed by atoms with Gasteiger partial charge in [-0.1, -0.05) is 127 Å². The van der Waals surface area contributed by atoms with Gasteiger partial charge in [0.1, 0.15) is 0 Å².